The molecule has 0 saturated heterocycles. The SMILES string of the molecule is CCCNC1CCCCCC1c1cncc(F)c1. The van der Waals surface area contributed by atoms with Gasteiger partial charge in [-0.15, -0.1) is 0 Å². The number of halogens is 1. The third-order valence-electron chi connectivity index (χ3n) is 3.83. The van der Waals surface area contributed by atoms with Crippen molar-refractivity contribution in [2.75, 3.05) is 6.54 Å². The lowest BCUT2D eigenvalue weighted by molar-refractivity contribution is 0.409. The third kappa shape index (κ3) is 3.52. The summed E-state index contributed by atoms with van der Waals surface area (Å²) in [5.74, 6) is 0.202. The van der Waals surface area contributed by atoms with Crippen molar-refractivity contribution in [2.45, 2.75) is 57.4 Å². The van der Waals surface area contributed by atoms with Crippen molar-refractivity contribution in [2.24, 2.45) is 0 Å². The molecule has 1 aliphatic carbocycles. The average molecular weight is 250 g/mol. The second kappa shape index (κ2) is 6.83. The molecule has 1 saturated carbocycles. The Morgan fingerprint density at radius 1 is 1.28 bits per heavy atom. The van der Waals surface area contributed by atoms with Gasteiger partial charge < -0.3 is 5.32 Å². The van der Waals surface area contributed by atoms with Crippen LogP contribution in [0.3, 0.4) is 0 Å². The number of aromatic nitrogens is 1. The van der Waals surface area contributed by atoms with Crippen molar-refractivity contribution >= 4 is 0 Å². The molecule has 3 heteroatoms. The zero-order valence-corrected chi connectivity index (χ0v) is 11.2. The van der Waals surface area contributed by atoms with Crippen LogP contribution in [0.1, 0.15) is 56.9 Å². The lowest BCUT2D eigenvalue weighted by Gasteiger charge is -2.26. The van der Waals surface area contributed by atoms with Gasteiger partial charge >= 0.3 is 0 Å². The molecule has 1 aliphatic rings. The first-order valence-corrected chi connectivity index (χ1v) is 7.15. The molecule has 1 N–H and O–H groups in total. The van der Waals surface area contributed by atoms with Crippen LogP contribution in [0.25, 0.3) is 0 Å². The Hall–Kier alpha value is -0.960. The maximum atomic E-state index is 13.3. The lowest BCUT2D eigenvalue weighted by atomic mass is 9.88. The summed E-state index contributed by atoms with van der Waals surface area (Å²) in [7, 11) is 0. The molecule has 1 heterocycles. The van der Waals surface area contributed by atoms with Crippen LogP contribution in [-0.2, 0) is 0 Å². The Balaban J connectivity index is 2.14. The zero-order valence-electron chi connectivity index (χ0n) is 11.2. The van der Waals surface area contributed by atoms with Gasteiger partial charge in [0.15, 0.2) is 0 Å². The first kappa shape index (κ1) is 13.5. The monoisotopic (exact) mass is 250 g/mol. The van der Waals surface area contributed by atoms with Crippen LogP contribution in [0.4, 0.5) is 4.39 Å². The van der Waals surface area contributed by atoms with Crippen LogP contribution >= 0.6 is 0 Å². The van der Waals surface area contributed by atoms with E-state index in [1.165, 1.54) is 31.9 Å². The smallest absolute Gasteiger partial charge is 0.141 e. The van der Waals surface area contributed by atoms with Gasteiger partial charge in [-0.25, -0.2) is 4.39 Å². The molecule has 0 spiro atoms. The quantitative estimate of drug-likeness (QED) is 0.825. The number of hydrogen-bond acceptors (Lipinski definition) is 2. The average Bonchev–Trinajstić information content (AvgIpc) is 2.61. The molecule has 0 radical (unpaired) electrons. The van der Waals surface area contributed by atoms with E-state index in [1.54, 1.807) is 6.07 Å². The molecule has 0 aromatic carbocycles. The van der Waals surface area contributed by atoms with E-state index in [0.717, 1.165) is 24.9 Å². The maximum absolute atomic E-state index is 13.3. The Kier molecular flexibility index (Phi) is 5.12. The largest absolute Gasteiger partial charge is 0.313 e. The van der Waals surface area contributed by atoms with Gasteiger partial charge in [-0.2, -0.15) is 0 Å². The summed E-state index contributed by atoms with van der Waals surface area (Å²) in [6.07, 6.45) is 10.4. The van der Waals surface area contributed by atoms with Gasteiger partial charge in [0.25, 0.3) is 0 Å². The van der Waals surface area contributed by atoms with E-state index < -0.39 is 0 Å². The fraction of sp³-hybridized carbons (Fsp3) is 0.667. The van der Waals surface area contributed by atoms with Crippen molar-refractivity contribution in [1.29, 1.82) is 0 Å². The molecule has 18 heavy (non-hydrogen) atoms. The minimum absolute atomic E-state index is 0.217. The van der Waals surface area contributed by atoms with Crippen LogP contribution in [0.2, 0.25) is 0 Å². The predicted octanol–water partition coefficient (Wildman–Crippen LogP) is 3.64. The van der Waals surface area contributed by atoms with Crippen molar-refractivity contribution < 1.29 is 4.39 Å². The van der Waals surface area contributed by atoms with Crippen LogP contribution in [0.5, 0.6) is 0 Å². The molecule has 1 fully saturated rings. The number of hydrogen-bond donors (Lipinski definition) is 1. The summed E-state index contributed by atoms with van der Waals surface area (Å²) in [6, 6.07) is 2.14. The molecule has 2 rings (SSSR count). The molecular weight excluding hydrogens is 227 g/mol. The van der Waals surface area contributed by atoms with Gasteiger partial charge in [0, 0.05) is 18.2 Å². The topological polar surface area (TPSA) is 24.9 Å². The Morgan fingerprint density at radius 3 is 2.89 bits per heavy atom. The predicted molar refractivity (Wildman–Crippen MR) is 72.1 cm³/mol. The van der Waals surface area contributed by atoms with Gasteiger partial charge in [0.2, 0.25) is 0 Å². The maximum Gasteiger partial charge on any atom is 0.141 e. The van der Waals surface area contributed by atoms with Crippen LogP contribution in [0.15, 0.2) is 18.5 Å². The van der Waals surface area contributed by atoms with Gasteiger partial charge in [-0.3, -0.25) is 4.98 Å². The standard InChI is InChI=1S/C15H23FN2/c1-2-8-18-15-7-5-3-4-6-14(15)12-9-13(16)11-17-10-12/h9-11,14-15,18H,2-8H2,1H3. The van der Waals surface area contributed by atoms with Crippen molar-refractivity contribution in [1.82, 2.24) is 10.3 Å². The summed E-state index contributed by atoms with van der Waals surface area (Å²) >= 11 is 0. The molecule has 100 valence electrons. The van der Waals surface area contributed by atoms with E-state index in [2.05, 4.69) is 17.2 Å². The van der Waals surface area contributed by atoms with Gasteiger partial charge in [0.05, 0.1) is 6.20 Å². The van der Waals surface area contributed by atoms with Gasteiger partial charge in [0.1, 0.15) is 5.82 Å². The summed E-state index contributed by atoms with van der Waals surface area (Å²) in [6.45, 7) is 3.23. The summed E-state index contributed by atoms with van der Waals surface area (Å²) in [4.78, 5) is 4.00. The van der Waals surface area contributed by atoms with E-state index in [0.29, 0.717) is 12.0 Å². The van der Waals surface area contributed by atoms with Crippen LogP contribution in [-0.4, -0.2) is 17.6 Å². The minimum Gasteiger partial charge on any atom is -0.313 e. The molecule has 2 nitrogen and oxygen atoms in total. The first-order valence-electron chi connectivity index (χ1n) is 7.15. The molecule has 2 unspecified atom stereocenters. The molecule has 0 amide bonds. The second-order valence-electron chi connectivity index (χ2n) is 5.24. The van der Waals surface area contributed by atoms with E-state index in [4.69, 9.17) is 0 Å². The molecular formula is C15H23FN2. The minimum atomic E-state index is -0.217. The fourth-order valence-corrected chi connectivity index (χ4v) is 2.91. The summed E-state index contributed by atoms with van der Waals surface area (Å²) in [5, 5.41) is 3.63. The van der Waals surface area contributed by atoms with E-state index >= 15 is 0 Å². The Bertz CT molecular complexity index is 367. The molecule has 0 bridgehead atoms. The number of rotatable bonds is 4. The highest BCUT2D eigenvalue weighted by Crippen LogP contribution is 2.31. The van der Waals surface area contributed by atoms with Crippen molar-refractivity contribution in [3.05, 3.63) is 29.8 Å². The van der Waals surface area contributed by atoms with E-state index in [9.17, 15) is 4.39 Å². The van der Waals surface area contributed by atoms with E-state index in [-0.39, 0.29) is 5.82 Å². The molecule has 0 aliphatic heterocycles. The highest BCUT2D eigenvalue weighted by Gasteiger charge is 2.25. The second-order valence-corrected chi connectivity index (χ2v) is 5.24. The van der Waals surface area contributed by atoms with Crippen LogP contribution < -0.4 is 5.32 Å². The van der Waals surface area contributed by atoms with Crippen LogP contribution in [0, 0.1) is 5.82 Å². The summed E-state index contributed by atoms with van der Waals surface area (Å²) in [5.41, 5.74) is 1.06. The lowest BCUT2D eigenvalue weighted by Crippen LogP contribution is -2.34. The Labute approximate surface area is 109 Å². The first-order chi connectivity index (χ1) is 8.81. The van der Waals surface area contributed by atoms with Crippen molar-refractivity contribution in [3.63, 3.8) is 0 Å². The number of pyridine rings is 1. The molecule has 1 aromatic heterocycles. The van der Waals surface area contributed by atoms with Gasteiger partial charge in [-0.05, 0) is 37.4 Å². The number of nitrogens with zero attached hydrogens (tertiary/aromatic N) is 1. The summed E-state index contributed by atoms with van der Waals surface area (Å²) < 4.78 is 13.3. The fourth-order valence-electron chi connectivity index (χ4n) is 2.91. The normalized spacial score (nSPS) is 24.8. The number of nitrogens with one attached hydrogen (secondary N) is 1. The van der Waals surface area contributed by atoms with Crippen molar-refractivity contribution in [3.8, 4) is 0 Å². The molecule has 1 aromatic rings. The Morgan fingerprint density at radius 2 is 2.11 bits per heavy atom. The van der Waals surface area contributed by atoms with Gasteiger partial charge in [-0.1, -0.05) is 26.2 Å². The zero-order chi connectivity index (χ0) is 12.8. The van der Waals surface area contributed by atoms with E-state index in [1.807, 2.05) is 6.20 Å². The highest BCUT2D eigenvalue weighted by molar-refractivity contribution is 5.18. The highest BCUT2D eigenvalue weighted by atomic mass is 19.1. The third-order valence-corrected chi connectivity index (χ3v) is 3.83. The molecule has 2 atom stereocenters.